The van der Waals surface area contributed by atoms with Gasteiger partial charge in [-0.3, -0.25) is 18.7 Å². The van der Waals surface area contributed by atoms with Crippen LogP contribution in [-0.2, 0) is 23.2 Å². The SMILES string of the molecule is CNC(=O)[C@@H]1CCCCN1C(=O)Cn1c(=O)n(C)c2ccccc21. The second-order valence-electron chi connectivity index (χ2n) is 6.13. The van der Waals surface area contributed by atoms with Crippen molar-refractivity contribution in [2.24, 2.45) is 7.05 Å². The largest absolute Gasteiger partial charge is 0.357 e. The molecule has 0 aliphatic carbocycles. The molecular weight excluding hydrogens is 308 g/mol. The molecule has 0 bridgehead atoms. The third-order valence-corrected chi connectivity index (χ3v) is 4.72. The Hall–Kier alpha value is -2.57. The molecule has 1 aliphatic rings. The molecule has 3 rings (SSSR count). The summed E-state index contributed by atoms with van der Waals surface area (Å²) in [4.78, 5) is 38.9. The van der Waals surface area contributed by atoms with Gasteiger partial charge in [0.2, 0.25) is 11.8 Å². The predicted molar refractivity (Wildman–Crippen MR) is 90.6 cm³/mol. The van der Waals surface area contributed by atoms with Gasteiger partial charge < -0.3 is 10.2 Å². The van der Waals surface area contributed by atoms with Crippen LogP contribution in [0.2, 0.25) is 0 Å². The van der Waals surface area contributed by atoms with Crippen LogP contribution in [-0.4, -0.2) is 45.5 Å². The molecule has 0 spiro atoms. The number of imidazole rings is 1. The van der Waals surface area contributed by atoms with E-state index in [1.54, 1.807) is 19.0 Å². The van der Waals surface area contributed by atoms with Crippen LogP contribution < -0.4 is 11.0 Å². The lowest BCUT2D eigenvalue weighted by Crippen LogP contribution is -2.52. The molecule has 2 aromatic rings. The maximum absolute atomic E-state index is 12.8. The van der Waals surface area contributed by atoms with Crippen molar-refractivity contribution in [2.75, 3.05) is 13.6 Å². The number of carbonyl (C=O) groups is 2. The van der Waals surface area contributed by atoms with E-state index < -0.39 is 6.04 Å². The second kappa shape index (κ2) is 6.51. The molecule has 0 unspecified atom stereocenters. The topological polar surface area (TPSA) is 76.3 Å². The Morgan fingerprint density at radius 1 is 1.21 bits per heavy atom. The van der Waals surface area contributed by atoms with Crippen LogP contribution in [0.5, 0.6) is 0 Å². The van der Waals surface area contributed by atoms with Gasteiger partial charge in [0.05, 0.1) is 11.0 Å². The van der Waals surface area contributed by atoms with Crippen molar-refractivity contribution in [3.63, 3.8) is 0 Å². The summed E-state index contributed by atoms with van der Waals surface area (Å²) in [6.07, 6.45) is 2.47. The van der Waals surface area contributed by atoms with Crippen LogP contribution >= 0.6 is 0 Å². The average Bonchev–Trinajstić information content (AvgIpc) is 2.86. The van der Waals surface area contributed by atoms with Gasteiger partial charge in [0.1, 0.15) is 12.6 Å². The quantitative estimate of drug-likeness (QED) is 0.889. The maximum Gasteiger partial charge on any atom is 0.329 e. The van der Waals surface area contributed by atoms with Crippen molar-refractivity contribution in [1.29, 1.82) is 0 Å². The molecule has 7 nitrogen and oxygen atoms in total. The minimum absolute atomic E-state index is 0.0479. The summed E-state index contributed by atoms with van der Waals surface area (Å²) in [6, 6.07) is 6.95. The molecule has 1 aromatic carbocycles. The summed E-state index contributed by atoms with van der Waals surface area (Å²) < 4.78 is 3.02. The van der Waals surface area contributed by atoms with E-state index in [0.29, 0.717) is 13.0 Å². The number of hydrogen-bond donors (Lipinski definition) is 1. The molecule has 0 radical (unpaired) electrons. The van der Waals surface area contributed by atoms with E-state index >= 15 is 0 Å². The first-order valence-electron chi connectivity index (χ1n) is 8.20. The van der Waals surface area contributed by atoms with Gasteiger partial charge in [-0.15, -0.1) is 0 Å². The van der Waals surface area contributed by atoms with Crippen LogP contribution in [0.3, 0.4) is 0 Å². The smallest absolute Gasteiger partial charge is 0.329 e. The van der Waals surface area contributed by atoms with Gasteiger partial charge in [0.15, 0.2) is 0 Å². The number of nitrogens with zero attached hydrogens (tertiary/aromatic N) is 3. The first-order chi connectivity index (χ1) is 11.5. The summed E-state index contributed by atoms with van der Waals surface area (Å²) in [7, 11) is 3.27. The molecule has 0 saturated carbocycles. The number of piperidine rings is 1. The van der Waals surface area contributed by atoms with Crippen molar-refractivity contribution >= 4 is 22.8 Å². The highest BCUT2D eigenvalue weighted by Crippen LogP contribution is 2.18. The monoisotopic (exact) mass is 330 g/mol. The summed E-state index contributed by atoms with van der Waals surface area (Å²) in [5.41, 5.74) is 1.29. The van der Waals surface area contributed by atoms with E-state index in [1.165, 1.54) is 9.13 Å². The molecule has 128 valence electrons. The normalized spacial score (nSPS) is 17.9. The van der Waals surface area contributed by atoms with Gasteiger partial charge in [-0.1, -0.05) is 12.1 Å². The number of carbonyl (C=O) groups excluding carboxylic acids is 2. The fraction of sp³-hybridized carbons (Fsp3) is 0.471. The van der Waals surface area contributed by atoms with E-state index in [2.05, 4.69) is 5.32 Å². The minimum Gasteiger partial charge on any atom is -0.357 e. The Labute approximate surface area is 139 Å². The molecular formula is C17H22N4O3. The minimum atomic E-state index is -0.443. The lowest BCUT2D eigenvalue weighted by atomic mass is 10.0. The van der Waals surface area contributed by atoms with Gasteiger partial charge in [0.25, 0.3) is 0 Å². The standard InChI is InChI=1S/C17H22N4O3/c1-18-16(23)14-9-5-6-10-20(14)15(22)11-21-13-8-4-3-7-12(13)19(2)17(21)24/h3-4,7-8,14H,5-6,9-11H2,1-2H3,(H,18,23)/t14-/m0/s1. The zero-order valence-corrected chi connectivity index (χ0v) is 14.0. The summed E-state index contributed by atoms with van der Waals surface area (Å²) in [5, 5.41) is 2.62. The highest BCUT2D eigenvalue weighted by atomic mass is 16.2. The predicted octanol–water partition coefficient (Wildman–Crippen LogP) is 0.467. The molecule has 1 atom stereocenters. The number of hydrogen-bond acceptors (Lipinski definition) is 3. The maximum atomic E-state index is 12.8. The van der Waals surface area contributed by atoms with Crippen LogP contribution in [0.4, 0.5) is 0 Å². The van der Waals surface area contributed by atoms with Crippen molar-refractivity contribution in [2.45, 2.75) is 31.8 Å². The fourth-order valence-corrected chi connectivity index (χ4v) is 3.41. The van der Waals surface area contributed by atoms with Crippen molar-refractivity contribution in [3.05, 3.63) is 34.7 Å². The molecule has 1 fully saturated rings. The van der Waals surface area contributed by atoms with E-state index in [1.807, 2.05) is 24.3 Å². The molecule has 2 heterocycles. The first-order valence-corrected chi connectivity index (χ1v) is 8.20. The zero-order chi connectivity index (χ0) is 17.3. The average molecular weight is 330 g/mol. The van der Waals surface area contributed by atoms with Crippen molar-refractivity contribution < 1.29 is 9.59 Å². The van der Waals surface area contributed by atoms with Gasteiger partial charge in [-0.25, -0.2) is 4.79 Å². The molecule has 1 N–H and O–H groups in total. The van der Waals surface area contributed by atoms with E-state index in [9.17, 15) is 14.4 Å². The molecule has 1 aliphatic heterocycles. The van der Waals surface area contributed by atoms with Gasteiger partial charge in [0, 0.05) is 20.6 Å². The zero-order valence-electron chi connectivity index (χ0n) is 14.0. The number of likely N-dealkylation sites (tertiary alicyclic amines) is 1. The lowest BCUT2D eigenvalue weighted by Gasteiger charge is -2.34. The number of amides is 2. The summed E-state index contributed by atoms with van der Waals surface area (Å²) in [5.74, 6) is -0.338. The number of rotatable bonds is 3. The highest BCUT2D eigenvalue weighted by Gasteiger charge is 2.31. The Morgan fingerprint density at radius 3 is 2.62 bits per heavy atom. The number of benzene rings is 1. The van der Waals surface area contributed by atoms with Gasteiger partial charge in [-0.2, -0.15) is 0 Å². The number of fused-ring (bicyclic) bond motifs is 1. The Balaban J connectivity index is 1.91. The lowest BCUT2D eigenvalue weighted by molar-refractivity contribution is -0.142. The number of likely N-dealkylation sites (N-methyl/N-ethyl adjacent to an activating group) is 1. The molecule has 2 amide bonds. The molecule has 1 aromatic heterocycles. The van der Waals surface area contributed by atoms with Crippen molar-refractivity contribution in [3.8, 4) is 0 Å². The third-order valence-electron chi connectivity index (χ3n) is 4.72. The first kappa shape index (κ1) is 16.3. The summed E-state index contributed by atoms with van der Waals surface area (Å²) in [6.45, 7) is 0.504. The number of aromatic nitrogens is 2. The van der Waals surface area contributed by atoms with Gasteiger partial charge in [-0.05, 0) is 31.4 Å². The number of nitrogens with one attached hydrogen (secondary N) is 1. The van der Waals surface area contributed by atoms with Crippen LogP contribution in [0.15, 0.2) is 29.1 Å². The second-order valence-corrected chi connectivity index (χ2v) is 6.13. The highest BCUT2D eigenvalue weighted by molar-refractivity contribution is 5.88. The Morgan fingerprint density at radius 2 is 1.92 bits per heavy atom. The number of aryl methyl sites for hydroxylation is 1. The Kier molecular flexibility index (Phi) is 4.42. The Bertz CT molecular complexity index is 836. The van der Waals surface area contributed by atoms with Crippen LogP contribution in [0.1, 0.15) is 19.3 Å². The summed E-state index contributed by atoms with van der Waals surface area (Å²) >= 11 is 0. The number of para-hydroxylation sites is 2. The van der Waals surface area contributed by atoms with E-state index in [-0.39, 0.29) is 24.0 Å². The van der Waals surface area contributed by atoms with Crippen LogP contribution in [0, 0.1) is 0 Å². The molecule has 24 heavy (non-hydrogen) atoms. The van der Waals surface area contributed by atoms with Crippen molar-refractivity contribution in [1.82, 2.24) is 19.4 Å². The van der Waals surface area contributed by atoms with E-state index in [0.717, 1.165) is 23.9 Å². The molecule has 7 heteroatoms. The molecule has 1 saturated heterocycles. The fourth-order valence-electron chi connectivity index (χ4n) is 3.41. The van der Waals surface area contributed by atoms with Gasteiger partial charge >= 0.3 is 5.69 Å². The van der Waals surface area contributed by atoms with Crippen LogP contribution in [0.25, 0.3) is 11.0 Å². The van der Waals surface area contributed by atoms with E-state index in [4.69, 9.17) is 0 Å². The third kappa shape index (κ3) is 2.70.